The summed E-state index contributed by atoms with van der Waals surface area (Å²) in [7, 11) is 0. The number of hydrogen-bond acceptors (Lipinski definition) is 2. The van der Waals surface area contributed by atoms with Crippen molar-refractivity contribution >= 4 is 41.9 Å². The third-order valence-electron chi connectivity index (χ3n) is 1.66. The van der Waals surface area contributed by atoms with Crippen LogP contribution in [0.5, 0.6) is 0 Å². The van der Waals surface area contributed by atoms with E-state index in [9.17, 15) is 4.79 Å². The first kappa shape index (κ1) is 12.7. The van der Waals surface area contributed by atoms with E-state index in [0.717, 1.165) is 4.57 Å². The highest BCUT2D eigenvalue weighted by Crippen LogP contribution is 2.10. The second kappa shape index (κ2) is 4.83. The molecular formula is C8H8Cl2N2O2. The highest BCUT2D eigenvalue weighted by molar-refractivity contribution is 5.86. The highest BCUT2D eigenvalue weighted by atomic mass is 35.5. The van der Waals surface area contributed by atoms with Gasteiger partial charge >= 0.3 is 6.09 Å². The van der Waals surface area contributed by atoms with Gasteiger partial charge in [-0.3, -0.25) is 0 Å². The van der Waals surface area contributed by atoms with Crippen molar-refractivity contribution in [3.63, 3.8) is 0 Å². The Morgan fingerprint density at radius 3 is 2.57 bits per heavy atom. The average molecular weight is 235 g/mol. The monoisotopic (exact) mass is 234 g/mol. The molecular weight excluding hydrogens is 227 g/mol. The lowest BCUT2D eigenvalue weighted by atomic mass is 10.3. The van der Waals surface area contributed by atoms with Crippen molar-refractivity contribution in [1.29, 1.82) is 0 Å². The molecule has 0 unspecified atom stereocenters. The Labute approximate surface area is 92.4 Å². The number of benzene rings is 1. The van der Waals surface area contributed by atoms with E-state index in [-0.39, 0.29) is 24.8 Å². The van der Waals surface area contributed by atoms with Crippen LogP contribution in [0.4, 0.5) is 4.79 Å². The Morgan fingerprint density at radius 2 is 1.93 bits per heavy atom. The molecule has 1 heterocycles. The molecule has 0 aliphatic carbocycles. The Bertz CT molecular complexity index is 442. The minimum Gasteiger partial charge on any atom is -0.464 e. The zero-order chi connectivity index (χ0) is 8.55. The van der Waals surface area contributed by atoms with E-state index in [1.807, 2.05) is 6.07 Å². The van der Waals surface area contributed by atoms with E-state index in [4.69, 9.17) is 5.11 Å². The van der Waals surface area contributed by atoms with Crippen molar-refractivity contribution < 1.29 is 9.90 Å². The summed E-state index contributed by atoms with van der Waals surface area (Å²) in [6.07, 6.45) is 0.288. The number of imidazole rings is 1. The van der Waals surface area contributed by atoms with E-state index < -0.39 is 6.09 Å². The van der Waals surface area contributed by atoms with Gasteiger partial charge in [-0.25, -0.2) is 14.3 Å². The molecule has 1 N–H and O–H groups in total. The van der Waals surface area contributed by atoms with E-state index in [1.165, 1.54) is 6.33 Å². The van der Waals surface area contributed by atoms with Crippen LogP contribution in [0.1, 0.15) is 0 Å². The molecule has 0 spiro atoms. The van der Waals surface area contributed by atoms with Gasteiger partial charge in [0.05, 0.1) is 11.0 Å². The Hall–Kier alpha value is -1.26. The SMILES string of the molecule is Cl.Cl.O=C(O)n1cnc2ccccc21. The van der Waals surface area contributed by atoms with Gasteiger partial charge in [0, 0.05) is 0 Å². The van der Waals surface area contributed by atoms with Gasteiger partial charge in [0.25, 0.3) is 0 Å². The number of carbonyl (C=O) groups is 1. The van der Waals surface area contributed by atoms with Crippen LogP contribution < -0.4 is 0 Å². The van der Waals surface area contributed by atoms with Gasteiger partial charge in [-0.1, -0.05) is 12.1 Å². The number of hydrogen-bond donors (Lipinski definition) is 1. The number of halogens is 2. The molecule has 0 saturated heterocycles. The number of carboxylic acid groups (broad SMARTS) is 1. The van der Waals surface area contributed by atoms with Gasteiger partial charge in [0.1, 0.15) is 6.33 Å². The summed E-state index contributed by atoms with van der Waals surface area (Å²) >= 11 is 0. The molecule has 2 rings (SSSR count). The van der Waals surface area contributed by atoms with E-state index in [2.05, 4.69) is 4.98 Å². The van der Waals surface area contributed by atoms with Crippen LogP contribution in [-0.4, -0.2) is 20.8 Å². The van der Waals surface area contributed by atoms with Crippen molar-refractivity contribution in [3.8, 4) is 0 Å². The first-order valence-electron chi connectivity index (χ1n) is 3.44. The Kier molecular flexibility index (Phi) is 4.40. The molecule has 14 heavy (non-hydrogen) atoms. The summed E-state index contributed by atoms with van der Waals surface area (Å²) in [5.74, 6) is 0. The van der Waals surface area contributed by atoms with Crippen molar-refractivity contribution in [2.75, 3.05) is 0 Å². The zero-order valence-corrected chi connectivity index (χ0v) is 8.59. The molecule has 4 nitrogen and oxygen atoms in total. The van der Waals surface area contributed by atoms with Crippen molar-refractivity contribution in [3.05, 3.63) is 30.6 Å². The fourth-order valence-corrected chi connectivity index (χ4v) is 1.11. The first-order valence-corrected chi connectivity index (χ1v) is 3.44. The summed E-state index contributed by atoms with van der Waals surface area (Å²) in [5, 5.41) is 8.69. The molecule has 0 fully saturated rings. The lowest BCUT2D eigenvalue weighted by molar-refractivity contribution is 0.197. The van der Waals surface area contributed by atoms with Gasteiger partial charge < -0.3 is 5.11 Å². The van der Waals surface area contributed by atoms with Crippen molar-refractivity contribution in [2.24, 2.45) is 0 Å². The molecule has 2 aromatic rings. The number of rotatable bonds is 0. The smallest absolute Gasteiger partial charge is 0.417 e. The molecule has 6 heteroatoms. The maximum Gasteiger partial charge on any atom is 0.417 e. The number of aromatic nitrogens is 2. The average Bonchev–Trinajstić information content (AvgIpc) is 2.47. The van der Waals surface area contributed by atoms with Crippen LogP contribution in [0.15, 0.2) is 30.6 Å². The predicted octanol–water partition coefficient (Wildman–Crippen LogP) is 2.41. The second-order valence-electron chi connectivity index (χ2n) is 2.39. The molecule has 0 aliphatic heterocycles. The molecule has 0 radical (unpaired) electrons. The van der Waals surface area contributed by atoms with Crippen LogP contribution in [0.3, 0.4) is 0 Å². The third kappa shape index (κ3) is 1.97. The molecule has 0 atom stereocenters. The standard InChI is InChI=1S/C8H6N2O2.2ClH/c11-8(12)10-5-9-6-3-1-2-4-7(6)10;;/h1-5H,(H,11,12);2*1H. The largest absolute Gasteiger partial charge is 0.464 e. The summed E-state index contributed by atoms with van der Waals surface area (Å²) in [4.78, 5) is 14.5. The normalized spacial score (nSPS) is 8.86. The summed E-state index contributed by atoms with van der Waals surface area (Å²) in [6.45, 7) is 0. The first-order chi connectivity index (χ1) is 5.79. The molecule has 1 aromatic heterocycles. The topological polar surface area (TPSA) is 55.1 Å². The highest BCUT2D eigenvalue weighted by Gasteiger charge is 2.05. The van der Waals surface area contributed by atoms with Gasteiger partial charge in [0.2, 0.25) is 0 Å². The summed E-state index contributed by atoms with van der Waals surface area (Å²) in [5.41, 5.74) is 1.31. The molecule has 76 valence electrons. The summed E-state index contributed by atoms with van der Waals surface area (Å²) < 4.78 is 1.09. The van der Waals surface area contributed by atoms with Crippen molar-refractivity contribution in [1.82, 2.24) is 9.55 Å². The summed E-state index contributed by atoms with van der Waals surface area (Å²) in [6, 6.07) is 7.09. The molecule has 0 bridgehead atoms. The maximum absolute atomic E-state index is 10.6. The number of nitrogens with zero attached hydrogens (tertiary/aromatic N) is 2. The zero-order valence-electron chi connectivity index (χ0n) is 6.95. The van der Waals surface area contributed by atoms with Gasteiger partial charge in [-0.2, -0.15) is 0 Å². The lowest BCUT2D eigenvalue weighted by Gasteiger charge is -1.93. The number of fused-ring (bicyclic) bond motifs is 1. The predicted molar refractivity (Wildman–Crippen MR) is 57.7 cm³/mol. The van der Waals surface area contributed by atoms with Gasteiger partial charge in [-0.15, -0.1) is 24.8 Å². The third-order valence-corrected chi connectivity index (χ3v) is 1.66. The molecule has 0 aliphatic rings. The Morgan fingerprint density at radius 1 is 1.29 bits per heavy atom. The van der Waals surface area contributed by atoms with Crippen LogP contribution >= 0.6 is 24.8 Å². The minimum atomic E-state index is -1.01. The second-order valence-corrected chi connectivity index (χ2v) is 2.39. The van der Waals surface area contributed by atoms with Crippen LogP contribution in [-0.2, 0) is 0 Å². The van der Waals surface area contributed by atoms with E-state index >= 15 is 0 Å². The number of para-hydroxylation sites is 2. The molecule has 0 amide bonds. The Balaban J connectivity index is 0.000000845. The van der Waals surface area contributed by atoms with Crippen molar-refractivity contribution in [2.45, 2.75) is 0 Å². The minimum absolute atomic E-state index is 0. The van der Waals surface area contributed by atoms with Crippen LogP contribution in [0.25, 0.3) is 11.0 Å². The van der Waals surface area contributed by atoms with E-state index in [1.54, 1.807) is 18.2 Å². The van der Waals surface area contributed by atoms with E-state index in [0.29, 0.717) is 11.0 Å². The van der Waals surface area contributed by atoms with Gasteiger partial charge in [-0.05, 0) is 12.1 Å². The fraction of sp³-hybridized carbons (Fsp3) is 0. The fourth-order valence-electron chi connectivity index (χ4n) is 1.11. The molecule has 0 saturated carbocycles. The lowest BCUT2D eigenvalue weighted by Crippen LogP contribution is -2.05. The molecule has 1 aromatic carbocycles. The van der Waals surface area contributed by atoms with Crippen LogP contribution in [0, 0.1) is 0 Å². The maximum atomic E-state index is 10.6. The quantitative estimate of drug-likeness (QED) is 0.762. The van der Waals surface area contributed by atoms with Crippen LogP contribution in [0.2, 0.25) is 0 Å². The van der Waals surface area contributed by atoms with Gasteiger partial charge in [0.15, 0.2) is 0 Å².